The highest BCUT2D eigenvalue weighted by Gasteiger charge is 2.08. The maximum absolute atomic E-state index is 11.8. The van der Waals surface area contributed by atoms with E-state index >= 15 is 0 Å². The first-order valence-corrected chi connectivity index (χ1v) is 5.84. The van der Waals surface area contributed by atoms with Gasteiger partial charge in [-0.1, -0.05) is 30.3 Å². The second kappa shape index (κ2) is 4.20. The van der Waals surface area contributed by atoms with Crippen molar-refractivity contribution in [3.63, 3.8) is 0 Å². The number of pyridine rings is 1. The Morgan fingerprint density at radius 1 is 1.05 bits per heavy atom. The van der Waals surface area contributed by atoms with Gasteiger partial charge in [0.2, 0.25) is 0 Å². The molecule has 0 aliphatic heterocycles. The second-order valence-electron chi connectivity index (χ2n) is 4.32. The lowest BCUT2D eigenvalue weighted by Gasteiger charge is -2.05. The zero-order valence-electron chi connectivity index (χ0n) is 10.2. The molecule has 0 bridgehead atoms. The van der Waals surface area contributed by atoms with Crippen LogP contribution in [0.4, 0.5) is 0 Å². The van der Waals surface area contributed by atoms with E-state index in [2.05, 4.69) is 15.0 Å². The average molecular weight is 253 g/mol. The molecule has 3 rings (SSSR count). The first-order chi connectivity index (χ1) is 9.15. The van der Waals surface area contributed by atoms with Crippen LogP contribution in [-0.4, -0.2) is 15.0 Å². The van der Waals surface area contributed by atoms with E-state index in [1.165, 1.54) is 0 Å². The molecule has 2 N–H and O–H groups in total. The fraction of sp³-hybridized carbons (Fsp3) is 0.0714. The summed E-state index contributed by atoms with van der Waals surface area (Å²) in [4.78, 5) is 32.2. The second-order valence-corrected chi connectivity index (χ2v) is 4.32. The lowest BCUT2D eigenvalue weighted by atomic mass is 10.1. The molecule has 0 aliphatic carbocycles. The number of hydrogen-bond donors (Lipinski definition) is 2. The van der Waals surface area contributed by atoms with Crippen LogP contribution in [0.2, 0.25) is 0 Å². The fourth-order valence-corrected chi connectivity index (χ4v) is 2.11. The summed E-state index contributed by atoms with van der Waals surface area (Å²) in [5.41, 5.74) is 1.80. The Kier molecular flexibility index (Phi) is 2.52. The Labute approximate surface area is 108 Å². The highest BCUT2D eigenvalue weighted by molar-refractivity contribution is 5.80. The molecule has 0 spiro atoms. The topological polar surface area (TPSA) is 78.6 Å². The van der Waals surface area contributed by atoms with Gasteiger partial charge >= 0.3 is 5.69 Å². The third-order valence-electron chi connectivity index (χ3n) is 2.97. The highest BCUT2D eigenvalue weighted by Crippen LogP contribution is 2.20. The molecular weight excluding hydrogens is 242 g/mol. The summed E-state index contributed by atoms with van der Waals surface area (Å²) in [7, 11) is 0. The first kappa shape index (κ1) is 11.4. The quantitative estimate of drug-likeness (QED) is 0.691. The zero-order valence-corrected chi connectivity index (χ0v) is 10.2. The highest BCUT2D eigenvalue weighted by atomic mass is 16.2. The number of aryl methyl sites for hydroxylation is 1. The monoisotopic (exact) mass is 253 g/mol. The maximum Gasteiger partial charge on any atom is 0.327 e. The molecule has 0 fully saturated rings. The van der Waals surface area contributed by atoms with Crippen LogP contribution in [0.1, 0.15) is 5.56 Å². The van der Waals surface area contributed by atoms with Gasteiger partial charge in [-0.15, -0.1) is 0 Å². The van der Waals surface area contributed by atoms with Gasteiger partial charge in [0.15, 0.2) is 0 Å². The molecule has 3 aromatic rings. The van der Waals surface area contributed by atoms with Gasteiger partial charge in [0, 0.05) is 5.56 Å². The zero-order chi connectivity index (χ0) is 13.4. The van der Waals surface area contributed by atoms with E-state index < -0.39 is 11.2 Å². The normalized spacial score (nSPS) is 10.8. The number of aromatic nitrogens is 3. The molecule has 2 heterocycles. The molecule has 0 atom stereocenters. The Hall–Kier alpha value is -2.69. The molecule has 94 valence electrons. The van der Waals surface area contributed by atoms with Crippen LogP contribution in [0, 0.1) is 6.92 Å². The lowest BCUT2D eigenvalue weighted by molar-refractivity contribution is 1.06. The molecular formula is C14H11N3O2. The SMILES string of the molecule is Cc1cc(-c2ccccc2)nc2[nH]c(=O)[nH]c(=O)c12. The van der Waals surface area contributed by atoms with E-state index in [0.717, 1.165) is 16.8 Å². The summed E-state index contributed by atoms with van der Waals surface area (Å²) in [5, 5.41) is 0.416. The summed E-state index contributed by atoms with van der Waals surface area (Å²) < 4.78 is 0. The van der Waals surface area contributed by atoms with Crippen molar-refractivity contribution in [1.82, 2.24) is 15.0 Å². The number of nitrogens with zero attached hydrogens (tertiary/aromatic N) is 1. The summed E-state index contributed by atoms with van der Waals surface area (Å²) in [6, 6.07) is 11.4. The summed E-state index contributed by atoms with van der Waals surface area (Å²) in [5.74, 6) is 0. The van der Waals surface area contributed by atoms with E-state index in [9.17, 15) is 9.59 Å². The predicted molar refractivity (Wildman–Crippen MR) is 73.2 cm³/mol. The van der Waals surface area contributed by atoms with Crippen molar-refractivity contribution in [1.29, 1.82) is 0 Å². The average Bonchev–Trinajstić information content (AvgIpc) is 2.38. The number of aromatic amines is 2. The van der Waals surface area contributed by atoms with Gasteiger partial charge in [-0.25, -0.2) is 9.78 Å². The molecule has 19 heavy (non-hydrogen) atoms. The molecule has 0 radical (unpaired) electrons. The van der Waals surface area contributed by atoms with Gasteiger partial charge < -0.3 is 0 Å². The Balaban J connectivity index is 2.37. The van der Waals surface area contributed by atoms with Crippen molar-refractivity contribution >= 4 is 11.0 Å². The Morgan fingerprint density at radius 2 is 1.79 bits per heavy atom. The minimum Gasteiger partial charge on any atom is -0.291 e. The van der Waals surface area contributed by atoms with Crippen LogP contribution in [0.3, 0.4) is 0 Å². The molecule has 0 amide bonds. The summed E-state index contributed by atoms with van der Waals surface area (Å²) >= 11 is 0. The lowest BCUT2D eigenvalue weighted by Crippen LogP contribution is -2.23. The van der Waals surface area contributed by atoms with Crippen LogP contribution >= 0.6 is 0 Å². The Morgan fingerprint density at radius 3 is 2.53 bits per heavy atom. The molecule has 5 heteroatoms. The number of fused-ring (bicyclic) bond motifs is 1. The third kappa shape index (κ3) is 1.95. The van der Waals surface area contributed by atoms with E-state index in [1.54, 1.807) is 0 Å². The van der Waals surface area contributed by atoms with Crippen molar-refractivity contribution < 1.29 is 0 Å². The first-order valence-electron chi connectivity index (χ1n) is 5.84. The van der Waals surface area contributed by atoms with Crippen molar-refractivity contribution in [2.45, 2.75) is 6.92 Å². The number of H-pyrrole nitrogens is 2. The molecule has 2 aromatic heterocycles. The third-order valence-corrected chi connectivity index (χ3v) is 2.97. The van der Waals surface area contributed by atoms with Crippen molar-refractivity contribution in [2.75, 3.05) is 0 Å². The van der Waals surface area contributed by atoms with Gasteiger partial charge in [-0.3, -0.25) is 14.8 Å². The van der Waals surface area contributed by atoms with Gasteiger partial charge in [-0.05, 0) is 18.6 Å². The van der Waals surface area contributed by atoms with Gasteiger partial charge in [-0.2, -0.15) is 0 Å². The fourth-order valence-electron chi connectivity index (χ4n) is 2.11. The van der Waals surface area contributed by atoms with Crippen LogP contribution in [0.25, 0.3) is 22.3 Å². The van der Waals surface area contributed by atoms with Crippen LogP contribution < -0.4 is 11.2 Å². The van der Waals surface area contributed by atoms with E-state index in [0.29, 0.717) is 11.0 Å². The van der Waals surface area contributed by atoms with E-state index in [-0.39, 0.29) is 0 Å². The minimum absolute atomic E-state index is 0.313. The molecule has 0 aliphatic rings. The van der Waals surface area contributed by atoms with Crippen LogP contribution in [-0.2, 0) is 0 Å². The maximum atomic E-state index is 11.8. The van der Waals surface area contributed by atoms with Crippen molar-refractivity contribution in [3.8, 4) is 11.3 Å². The van der Waals surface area contributed by atoms with Crippen LogP contribution in [0.5, 0.6) is 0 Å². The number of nitrogens with one attached hydrogen (secondary N) is 2. The Bertz CT molecular complexity index is 863. The molecule has 0 unspecified atom stereocenters. The van der Waals surface area contributed by atoms with Gasteiger partial charge in [0.1, 0.15) is 5.65 Å². The number of hydrogen-bond acceptors (Lipinski definition) is 3. The summed E-state index contributed by atoms with van der Waals surface area (Å²) in [6.07, 6.45) is 0. The molecule has 1 aromatic carbocycles. The summed E-state index contributed by atoms with van der Waals surface area (Å²) in [6.45, 7) is 1.82. The largest absolute Gasteiger partial charge is 0.327 e. The molecule has 0 saturated heterocycles. The van der Waals surface area contributed by atoms with Crippen molar-refractivity contribution in [2.24, 2.45) is 0 Å². The standard InChI is InChI=1S/C14H11N3O2/c1-8-7-10(9-5-3-2-4-6-9)15-12-11(8)13(18)17-14(19)16-12/h2-7H,1H3,(H2,15,16,17,18,19). The van der Waals surface area contributed by atoms with Gasteiger partial charge in [0.05, 0.1) is 11.1 Å². The molecule has 5 nitrogen and oxygen atoms in total. The van der Waals surface area contributed by atoms with Gasteiger partial charge in [0.25, 0.3) is 5.56 Å². The smallest absolute Gasteiger partial charge is 0.291 e. The van der Waals surface area contributed by atoms with Crippen molar-refractivity contribution in [3.05, 3.63) is 62.8 Å². The number of benzene rings is 1. The number of rotatable bonds is 1. The van der Waals surface area contributed by atoms with E-state index in [4.69, 9.17) is 0 Å². The van der Waals surface area contributed by atoms with E-state index in [1.807, 2.05) is 43.3 Å². The van der Waals surface area contributed by atoms with Crippen LogP contribution in [0.15, 0.2) is 46.0 Å². The predicted octanol–water partition coefficient (Wildman–Crippen LogP) is 1.59. The minimum atomic E-state index is -0.547. The molecule has 0 saturated carbocycles.